The van der Waals surface area contributed by atoms with Crippen molar-refractivity contribution in [3.63, 3.8) is 0 Å². The largest absolute Gasteiger partial charge is 0.318 e. The Morgan fingerprint density at radius 1 is 1.27 bits per heavy atom. The fourth-order valence-corrected chi connectivity index (χ4v) is 1.46. The van der Waals surface area contributed by atoms with Gasteiger partial charge in [-0.1, -0.05) is 34.5 Å². The second-order valence-corrected chi connectivity index (χ2v) is 3.74. The second kappa shape index (κ2) is 4.14. The third-order valence-electron chi connectivity index (χ3n) is 1.94. The van der Waals surface area contributed by atoms with Crippen molar-refractivity contribution < 1.29 is 0 Å². The van der Waals surface area contributed by atoms with Crippen molar-refractivity contribution in [3.05, 3.63) is 39.6 Å². The van der Waals surface area contributed by atoms with Crippen molar-refractivity contribution in [2.45, 2.75) is 6.04 Å². The van der Waals surface area contributed by atoms with Gasteiger partial charge in [0.25, 0.3) is 0 Å². The van der Waals surface area contributed by atoms with Crippen molar-refractivity contribution in [3.8, 4) is 0 Å². The molecule has 0 aliphatic carbocycles. The molecule has 0 aliphatic heterocycles. The number of nitrogens with zero attached hydrogens (tertiary/aromatic N) is 3. The van der Waals surface area contributed by atoms with Crippen LogP contribution in [0.5, 0.6) is 0 Å². The number of aromatic amines is 1. The highest BCUT2D eigenvalue weighted by atomic mass is 35.5. The van der Waals surface area contributed by atoms with Crippen LogP contribution in [0.1, 0.15) is 17.4 Å². The Morgan fingerprint density at radius 2 is 2.07 bits per heavy atom. The molecule has 2 rings (SSSR count). The van der Waals surface area contributed by atoms with Crippen LogP contribution in [0.25, 0.3) is 0 Å². The smallest absolute Gasteiger partial charge is 0.195 e. The molecule has 5 nitrogen and oxygen atoms in total. The summed E-state index contributed by atoms with van der Waals surface area (Å²) in [5.74, 6) is 0.411. The molecule has 1 unspecified atom stereocenters. The molecule has 0 aliphatic rings. The summed E-state index contributed by atoms with van der Waals surface area (Å²) >= 11 is 11.7. The first-order valence-corrected chi connectivity index (χ1v) is 4.88. The van der Waals surface area contributed by atoms with E-state index in [4.69, 9.17) is 28.9 Å². The van der Waals surface area contributed by atoms with E-state index in [9.17, 15) is 0 Å². The third kappa shape index (κ3) is 2.09. The van der Waals surface area contributed by atoms with E-state index in [0.717, 1.165) is 5.56 Å². The van der Waals surface area contributed by atoms with Crippen LogP contribution < -0.4 is 5.73 Å². The van der Waals surface area contributed by atoms with Gasteiger partial charge >= 0.3 is 0 Å². The van der Waals surface area contributed by atoms with Gasteiger partial charge in [0.2, 0.25) is 0 Å². The van der Waals surface area contributed by atoms with Crippen LogP contribution in [0.3, 0.4) is 0 Å². The summed E-state index contributed by atoms with van der Waals surface area (Å²) in [5.41, 5.74) is 6.68. The Balaban J connectivity index is 2.34. The lowest BCUT2D eigenvalue weighted by atomic mass is 10.1. The number of nitrogens with two attached hydrogens (primary N) is 1. The van der Waals surface area contributed by atoms with E-state index in [1.807, 2.05) is 0 Å². The molecule has 0 bridgehead atoms. The highest BCUT2D eigenvalue weighted by molar-refractivity contribution is 6.42. The molecule has 0 saturated carbocycles. The van der Waals surface area contributed by atoms with Crippen LogP contribution in [0.4, 0.5) is 0 Å². The molecule has 3 N–H and O–H groups in total. The van der Waals surface area contributed by atoms with Crippen LogP contribution in [0, 0.1) is 0 Å². The van der Waals surface area contributed by atoms with E-state index in [1.54, 1.807) is 18.2 Å². The lowest BCUT2D eigenvalue weighted by molar-refractivity contribution is 0.785. The molecule has 78 valence electrons. The summed E-state index contributed by atoms with van der Waals surface area (Å²) < 4.78 is 0. The van der Waals surface area contributed by atoms with Gasteiger partial charge in [-0.05, 0) is 17.7 Å². The van der Waals surface area contributed by atoms with Gasteiger partial charge < -0.3 is 5.73 Å². The third-order valence-corrected chi connectivity index (χ3v) is 2.68. The molecule has 1 aromatic carbocycles. The molecule has 2 aromatic rings. The highest BCUT2D eigenvalue weighted by Gasteiger charge is 2.14. The lowest BCUT2D eigenvalue weighted by Gasteiger charge is -2.07. The maximum absolute atomic E-state index is 5.89. The van der Waals surface area contributed by atoms with Crippen molar-refractivity contribution >= 4 is 23.2 Å². The zero-order chi connectivity index (χ0) is 10.8. The second-order valence-electron chi connectivity index (χ2n) is 2.92. The number of benzene rings is 1. The summed E-state index contributed by atoms with van der Waals surface area (Å²) in [7, 11) is 0. The standard InChI is InChI=1S/C8H7Cl2N5/c9-5-2-1-4(3-6(5)10)7(11)8-12-14-15-13-8/h1-3,7H,11H2,(H,12,13,14,15). The first-order chi connectivity index (χ1) is 7.18. The predicted octanol–water partition coefficient (Wildman–Crippen LogP) is 1.55. The summed E-state index contributed by atoms with van der Waals surface area (Å²) in [6.45, 7) is 0. The minimum Gasteiger partial charge on any atom is -0.318 e. The molecule has 1 aromatic heterocycles. The average molecular weight is 244 g/mol. The number of H-pyrrole nitrogens is 1. The number of rotatable bonds is 2. The predicted molar refractivity (Wildman–Crippen MR) is 56.7 cm³/mol. The number of halogens is 2. The van der Waals surface area contributed by atoms with Crippen molar-refractivity contribution in [2.75, 3.05) is 0 Å². The van der Waals surface area contributed by atoms with Crippen molar-refractivity contribution in [1.82, 2.24) is 20.6 Å². The van der Waals surface area contributed by atoms with Gasteiger partial charge in [-0.2, -0.15) is 5.21 Å². The summed E-state index contributed by atoms with van der Waals surface area (Å²) in [6.07, 6.45) is 0. The molecule has 7 heteroatoms. The maximum atomic E-state index is 5.89. The lowest BCUT2D eigenvalue weighted by Crippen LogP contribution is -2.13. The van der Waals surface area contributed by atoms with Gasteiger partial charge in [0.05, 0.1) is 16.1 Å². The Morgan fingerprint density at radius 3 is 2.67 bits per heavy atom. The first-order valence-electron chi connectivity index (χ1n) is 4.12. The van der Waals surface area contributed by atoms with Crippen LogP contribution >= 0.6 is 23.2 Å². The fraction of sp³-hybridized carbons (Fsp3) is 0.125. The van der Waals surface area contributed by atoms with E-state index in [0.29, 0.717) is 15.9 Å². The zero-order valence-corrected chi connectivity index (χ0v) is 9.00. The quantitative estimate of drug-likeness (QED) is 0.839. The minimum atomic E-state index is -0.460. The molecule has 0 fully saturated rings. The number of tetrazole rings is 1. The van der Waals surface area contributed by atoms with Gasteiger partial charge in [-0.3, -0.25) is 0 Å². The van der Waals surface area contributed by atoms with Crippen molar-refractivity contribution in [2.24, 2.45) is 5.73 Å². The van der Waals surface area contributed by atoms with E-state index >= 15 is 0 Å². The van der Waals surface area contributed by atoms with Gasteiger partial charge in [0, 0.05) is 0 Å². The van der Waals surface area contributed by atoms with Gasteiger partial charge in [-0.15, -0.1) is 10.2 Å². The zero-order valence-electron chi connectivity index (χ0n) is 7.48. The molecule has 0 amide bonds. The monoisotopic (exact) mass is 243 g/mol. The van der Waals surface area contributed by atoms with E-state index in [-0.39, 0.29) is 0 Å². The summed E-state index contributed by atoms with van der Waals surface area (Å²) in [6, 6.07) is 4.68. The maximum Gasteiger partial charge on any atom is 0.195 e. The minimum absolute atomic E-state index is 0.411. The van der Waals surface area contributed by atoms with Gasteiger partial charge in [-0.25, -0.2) is 0 Å². The average Bonchev–Trinajstić information content (AvgIpc) is 2.74. The number of aromatic nitrogens is 4. The summed E-state index contributed by atoms with van der Waals surface area (Å²) in [5, 5.41) is 14.3. The topological polar surface area (TPSA) is 80.5 Å². The van der Waals surface area contributed by atoms with E-state index in [2.05, 4.69) is 20.6 Å². The highest BCUT2D eigenvalue weighted by Crippen LogP contribution is 2.26. The number of nitrogens with one attached hydrogen (secondary N) is 1. The fourth-order valence-electron chi connectivity index (χ4n) is 1.16. The van der Waals surface area contributed by atoms with Crippen LogP contribution in [0.2, 0.25) is 10.0 Å². The molecule has 0 radical (unpaired) electrons. The molecule has 1 heterocycles. The van der Waals surface area contributed by atoms with Crippen molar-refractivity contribution in [1.29, 1.82) is 0 Å². The Bertz CT molecular complexity index is 456. The normalized spacial score (nSPS) is 12.7. The van der Waals surface area contributed by atoms with Crippen LogP contribution in [-0.4, -0.2) is 20.6 Å². The summed E-state index contributed by atoms with van der Waals surface area (Å²) in [4.78, 5) is 0. The SMILES string of the molecule is NC(c1ccc(Cl)c(Cl)c1)c1nn[nH]n1. The molecule has 0 saturated heterocycles. The van der Waals surface area contributed by atoms with E-state index < -0.39 is 6.04 Å². The van der Waals surface area contributed by atoms with Gasteiger partial charge in [0.15, 0.2) is 5.82 Å². The van der Waals surface area contributed by atoms with Crippen LogP contribution in [0.15, 0.2) is 18.2 Å². The Hall–Kier alpha value is -1.17. The van der Waals surface area contributed by atoms with E-state index in [1.165, 1.54) is 0 Å². The molecular formula is C8H7Cl2N5. The Kier molecular flexibility index (Phi) is 2.86. The molecule has 1 atom stereocenters. The number of hydrogen-bond acceptors (Lipinski definition) is 4. The molecule has 0 spiro atoms. The number of hydrogen-bond donors (Lipinski definition) is 2. The molecular weight excluding hydrogens is 237 g/mol. The molecule has 15 heavy (non-hydrogen) atoms. The van der Waals surface area contributed by atoms with Crippen LogP contribution in [-0.2, 0) is 0 Å². The Labute approximate surface area is 95.6 Å². The van der Waals surface area contributed by atoms with Gasteiger partial charge in [0.1, 0.15) is 0 Å². The first kappa shape index (κ1) is 10.4.